The van der Waals surface area contributed by atoms with Gasteiger partial charge in [-0.2, -0.15) is 0 Å². The van der Waals surface area contributed by atoms with E-state index in [0.717, 1.165) is 24.0 Å². The van der Waals surface area contributed by atoms with Crippen LogP contribution < -0.4 is 0 Å². The third-order valence-electron chi connectivity index (χ3n) is 4.90. The molecular weight excluding hydrogens is 396 g/mol. The summed E-state index contributed by atoms with van der Waals surface area (Å²) in [6.45, 7) is 8.34. The van der Waals surface area contributed by atoms with Gasteiger partial charge in [-0.05, 0) is 82.0 Å². The minimum absolute atomic E-state index is 0.0886. The number of carbonyl (C=O) groups excluding carboxylic acids is 2. The summed E-state index contributed by atoms with van der Waals surface area (Å²) in [5.41, 5.74) is 5.24. The number of ketones is 1. The maximum Gasteiger partial charge on any atom is 0.310 e. The van der Waals surface area contributed by atoms with Crippen molar-refractivity contribution < 1.29 is 14.3 Å². The van der Waals surface area contributed by atoms with Crippen LogP contribution in [0.25, 0.3) is 0 Å². The number of hydrogen-bond donors (Lipinski definition) is 0. The van der Waals surface area contributed by atoms with Gasteiger partial charge in [0.1, 0.15) is 6.61 Å². The molecule has 0 atom stereocenters. The van der Waals surface area contributed by atoms with Crippen molar-refractivity contribution in [1.29, 1.82) is 0 Å². The molecule has 0 unspecified atom stereocenters. The molecule has 158 valence electrons. The Balaban J connectivity index is 1.97. The van der Waals surface area contributed by atoms with E-state index in [1.54, 1.807) is 36.4 Å². The van der Waals surface area contributed by atoms with Crippen LogP contribution in [-0.2, 0) is 16.0 Å². The molecule has 0 bridgehead atoms. The van der Waals surface area contributed by atoms with Gasteiger partial charge >= 0.3 is 5.97 Å². The van der Waals surface area contributed by atoms with Crippen LogP contribution in [0.5, 0.6) is 0 Å². The van der Waals surface area contributed by atoms with Crippen LogP contribution in [0.2, 0.25) is 5.02 Å². The monoisotopic (exact) mass is 424 g/mol. The van der Waals surface area contributed by atoms with E-state index in [4.69, 9.17) is 16.3 Å². The highest BCUT2D eigenvalue weighted by Gasteiger charge is 2.15. The molecule has 3 nitrogen and oxygen atoms in total. The highest BCUT2D eigenvalue weighted by Crippen LogP contribution is 2.20. The molecule has 0 aliphatic carbocycles. The molecule has 0 heterocycles. The maximum atomic E-state index is 12.8. The maximum absolute atomic E-state index is 12.8. The van der Waals surface area contributed by atoms with Crippen molar-refractivity contribution in [3.8, 4) is 0 Å². The summed E-state index contributed by atoms with van der Waals surface area (Å²) >= 11 is 5.91. The fraction of sp³-hybridized carbons (Fsp3) is 0.308. The fourth-order valence-electron chi connectivity index (χ4n) is 3.05. The summed E-state index contributed by atoms with van der Waals surface area (Å²) in [6.07, 6.45) is 6.23. The minimum Gasteiger partial charge on any atom is -0.461 e. The van der Waals surface area contributed by atoms with Gasteiger partial charge in [0.15, 0.2) is 5.78 Å². The number of halogens is 1. The highest BCUT2D eigenvalue weighted by molar-refractivity contribution is 6.30. The van der Waals surface area contributed by atoms with E-state index in [9.17, 15) is 9.59 Å². The SMILES string of the molecule is CC(C)=CCC/C(C)=C/COC(=O)Cc1cccc(C(=O)c2ccc(Cl)cc2)c1C. The summed E-state index contributed by atoms with van der Waals surface area (Å²) in [5, 5.41) is 0.584. The summed E-state index contributed by atoms with van der Waals surface area (Å²) in [4.78, 5) is 25.1. The Labute approximate surface area is 184 Å². The molecule has 0 aliphatic rings. The highest BCUT2D eigenvalue weighted by atomic mass is 35.5. The molecule has 0 aliphatic heterocycles. The molecule has 0 spiro atoms. The Morgan fingerprint density at radius 2 is 1.70 bits per heavy atom. The van der Waals surface area contributed by atoms with Crippen LogP contribution in [0.4, 0.5) is 0 Å². The van der Waals surface area contributed by atoms with Crippen molar-refractivity contribution in [2.45, 2.75) is 47.0 Å². The Kier molecular flexibility index (Phi) is 9.07. The van der Waals surface area contributed by atoms with E-state index in [1.807, 2.05) is 26.0 Å². The van der Waals surface area contributed by atoms with Crippen molar-refractivity contribution in [1.82, 2.24) is 0 Å². The quantitative estimate of drug-likeness (QED) is 0.257. The number of rotatable bonds is 9. The van der Waals surface area contributed by atoms with Gasteiger partial charge in [-0.25, -0.2) is 0 Å². The Morgan fingerprint density at radius 1 is 1.00 bits per heavy atom. The lowest BCUT2D eigenvalue weighted by molar-refractivity contribution is -0.141. The van der Waals surface area contributed by atoms with Crippen LogP contribution in [0, 0.1) is 6.92 Å². The van der Waals surface area contributed by atoms with Crippen molar-refractivity contribution in [2.24, 2.45) is 0 Å². The molecule has 0 saturated carbocycles. The van der Waals surface area contributed by atoms with Gasteiger partial charge in [-0.15, -0.1) is 0 Å². The average Bonchev–Trinajstić information content (AvgIpc) is 2.69. The molecule has 30 heavy (non-hydrogen) atoms. The average molecular weight is 425 g/mol. The van der Waals surface area contributed by atoms with Gasteiger partial charge in [0.05, 0.1) is 6.42 Å². The summed E-state index contributed by atoms with van der Waals surface area (Å²) < 4.78 is 5.37. The first-order valence-corrected chi connectivity index (χ1v) is 10.5. The first kappa shape index (κ1) is 23.6. The molecule has 0 aromatic heterocycles. The zero-order chi connectivity index (χ0) is 22.1. The predicted octanol–water partition coefficient (Wildman–Crippen LogP) is 6.66. The molecule has 0 fully saturated rings. The van der Waals surface area contributed by atoms with Gasteiger partial charge in [0, 0.05) is 16.1 Å². The van der Waals surface area contributed by atoms with Crippen LogP contribution in [-0.4, -0.2) is 18.4 Å². The normalized spacial score (nSPS) is 11.2. The summed E-state index contributed by atoms with van der Waals surface area (Å²) in [7, 11) is 0. The number of benzene rings is 2. The third kappa shape index (κ3) is 7.31. The van der Waals surface area contributed by atoms with E-state index in [-0.39, 0.29) is 24.8 Å². The number of ether oxygens (including phenoxy) is 1. The van der Waals surface area contributed by atoms with E-state index in [2.05, 4.69) is 19.9 Å². The van der Waals surface area contributed by atoms with E-state index >= 15 is 0 Å². The van der Waals surface area contributed by atoms with Crippen LogP contribution >= 0.6 is 11.6 Å². The molecule has 0 N–H and O–H groups in total. The van der Waals surface area contributed by atoms with Gasteiger partial charge in [0.25, 0.3) is 0 Å². The first-order valence-electron chi connectivity index (χ1n) is 10.1. The Morgan fingerprint density at radius 3 is 2.37 bits per heavy atom. The molecule has 2 aromatic carbocycles. The molecular formula is C26H29ClO3. The fourth-order valence-corrected chi connectivity index (χ4v) is 3.18. The zero-order valence-corrected chi connectivity index (χ0v) is 18.9. The van der Waals surface area contributed by atoms with E-state index in [0.29, 0.717) is 16.1 Å². The van der Waals surface area contributed by atoms with E-state index < -0.39 is 0 Å². The zero-order valence-electron chi connectivity index (χ0n) is 18.1. The lowest BCUT2D eigenvalue weighted by atomic mass is 9.94. The van der Waals surface area contributed by atoms with Crippen molar-refractivity contribution >= 4 is 23.4 Å². The van der Waals surface area contributed by atoms with Crippen molar-refractivity contribution in [2.75, 3.05) is 6.61 Å². The minimum atomic E-state index is -0.303. The van der Waals surface area contributed by atoms with Gasteiger partial charge in [-0.3, -0.25) is 9.59 Å². The van der Waals surface area contributed by atoms with Gasteiger partial charge in [0.2, 0.25) is 0 Å². The first-order chi connectivity index (χ1) is 14.3. The number of esters is 1. The van der Waals surface area contributed by atoms with Crippen LogP contribution in [0.1, 0.15) is 60.7 Å². The second kappa shape index (κ2) is 11.5. The Bertz CT molecular complexity index is 949. The van der Waals surface area contributed by atoms with Crippen LogP contribution in [0.15, 0.2) is 65.8 Å². The second-order valence-corrected chi connectivity index (χ2v) is 8.09. The second-order valence-electron chi connectivity index (χ2n) is 7.66. The van der Waals surface area contributed by atoms with Crippen molar-refractivity contribution in [3.63, 3.8) is 0 Å². The van der Waals surface area contributed by atoms with Gasteiger partial charge in [-0.1, -0.05) is 47.0 Å². The van der Waals surface area contributed by atoms with Crippen LogP contribution in [0.3, 0.4) is 0 Å². The summed E-state index contributed by atoms with van der Waals surface area (Å²) in [5.74, 6) is -0.392. The Hall–Kier alpha value is -2.65. The number of allylic oxidation sites excluding steroid dienone is 3. The molecule has 0 radical (unpaired) electrons. The van der Waals surface area contributed by atoms with Crippen molar-refractivity contribution in [3.05, 3.63) is 93.0 Å². The van der Waals surface area contributed by atoms with E-state index in [1.165, 1.54) is 11.1 Å². The number of carbonyl (C=O) groups is 2. The summed E-state index contributed by atoms with van der Waals surface area (Å²) in [6, 6.07) is 12.2. The lowest BCUT2D eigenvalue weighted by Crippen LogP contribution is -2.11. The topological polar surface area (TPSA) is 43.4 Å². The molecule has 0 amide bonds. The number of hydrogen-bond acceptors (Lipinski definition) is 3. The van der Waals surface area contributed by atoms with Gasteiger partial charge < -0.3 is 4.74 Å². The molecule has 2 aromatic rings. The molecule has 4 heteroatoms. The third-order valence-corrected chi connectivity index (χ3v) is 5.15. The largest absolute Gasteiger partial charge is 0.461 e. The predicted molar refractivity (Wildman–Crippen MR) is 123 cm³/mol. The lowest BCUT2D eigenvalue weighted by Gasteiger charge is -2.11. The molecule has 0 saturated heterocycles. The molecule has 2 rings (SSSR count). The standard InChI is InChI=1S/C26H29ClO3/c1-18(2)7-5-8-19(3)15-16-30-25(28)17-22-9-6-10-24(20(22)4)26(29)21-11-13-23(27)14-12-21/h6-7,9-15H,5,8,16-17H2,1-4H3/b19-15+. The smallest absolute Gasteiger partial charge is 0.310 e.